The number of rotatable bonds is 2. The van der Waals surface area contributed by atoms with Crippen LogP contribution in [0.1, 0.15) is 29.3 Å². The van der Waals surface area contributed by atoms with Crippen molar-refractivity contribution in [1.29, 1.82) is 0 Å². The van der Waals surface area contributed by atoms with Crippen LogP contribution in [0.3, 0.4) is 0 Å². The standard InChI is InChI=1S/C14H19BrN2O2/c1-3-11-8-19-5-4-17(11)14(18)12-6-10(15)7-13(16)9(12)2/h6-7,11H,3-5,8,16H2,1-2H3. The molecule has 0 saturated carbocycles. The summed E-state index contributed by atoms with van der Waals surface area (Å²) in [7, 11) is 0. The molecular weight excluding hydrogens is 308 g/mol. The maximum atomic E-state index is 12.7. The van der Waals surface area contributed by atoms with Gasteiger partial charge in [-0.05, 0) is 31.0 Å². The van der Waals surface area contributed by atoms with Crippen molar-refractivity contribution in [2.24, 2.45) is 0 Å². The fourth-order valence-corrected chi connectivity index (χ4v) is 2.81. The van der Waals surface area contributed by atoms with Crippen molar-refractivity contribution in [2.75, 3.05) is 25.5 Å². The number of anilines is 1. The summed E-state index contributed by atoms with van der Waals surface area (Å²) in [4.78, 5) is 14.6. The molecule has 1 aromatic carbocycles. The Hall–Kier alpha value is -1.07. The number of ether oxygens (including phenoxy) is 1. The molecular formula is C14H19BrN2O2. The first-order chi connectivity index (χ1) is 9.04. The van der Waals surface area contributed by atoms with Crippen LogP contribution in [0, 0.1) is 6.92 Å². The molecule has 2 N–H and O–H groups in total. The Bertz CT molecular complexity index is 491. The van der Waals surface area contributed by atoms with E-state index in [0.29, 0.717) is 31.0 Å². The van der Waals surface area contributed by atoms with Gasteiger partial charge in [0.1, 0.15) is 0 Å². The third kappa shape index (κ3) is 2.92. The van der Waals surface area contributed by atoms with E-state index in [-0.39, 0.29) is 11.9 Å². The minimum Gasteiger partial charge on any atom is -0.398 e. The maximum Gasteiger partial charge on any atom is 0.254 e. The molecule has 1 amide bonds. The molecule has 1 aliphatic rings. The van der Waals surface area contributed by atoms with Gasteiger partial charge in [0, 0.05) is 22.3 Å². The first-order valence-corrected chi connectivity index (χ1v) is 7.28. The highest BCUT2D eigenvalue weighted by Crippen LogP contribution is 2.25. The molecule has 1 aliphatic heterocycles. The molecule has 2 rings (SSSR count). The fraction of sp³-hybridized carbons (Fsp3) is 0.500. The lowest BCUT2D eigenvalue weighted by Gasteiger charge is -2.35. The average Bonchev–Trinajstić information content (AvgIpc) is 2.42. The van der Waals surface area contributed by atoms with E-state index in [1.807, 2.05) is 24.0 Å². The molecule has 1 aromatic rings. The number of nitrogens with zero attached hydrogens (tertiary/aromatic N) is 1. The highest BCUT2D eigenvalue weighted by Gasteiger charge is 2.28. The number of morpholine rings is 1. The third-order valence-corrected chi connectivity index (χ3v) is 4.06. The van der Waals surface area contributed by atoms with Crippen molar-refractivity contribution in [3.05, 3.63) is 27.7 Å². The Morgan fingerprint density at radius 2 is 2.32 bits per heavy atom. The van der Waals surface area contributed by atoms with E-state index in [0.717, 1.165) is 16.5 Å². The summed E-state index contributed by atoms with van der Waals surface area (Å²) in [5.41, 5.74) is 8.08. The molecule has 0 radical (unpaired) electrons. The largest absolute Gasteiger partial charge is 0.398 e. The second-order valence-corrected chi connectivity index (χ2v) is 5.72. The molecule has 1 unspecified atom stereocenters. The number of carbonyl (C=O) groups is 1. The zero-order valence-corrected chi connectivity index (χ0v) is 12.9. The summed E-state index contributed by atoms with van der Waals surface area (Å²) >= 11 is 3.40. The quantitative estimate of drug-likeness (QED) is 0.850. The van der Waals surface area contributed by atoms with Gasteiger partial charge in [0.25, 0.3) is 5.91 Å². The van der Waals surface area contributed by atoms with E-state index in [4.69, 9.17) is 10.5 Å². The molecule has 1 heterocycles. The summed E-state index contributed by atoms with van der Waals surface area (Å²) in [6, 6.07) is 3.82. The number of amides is 1. The van der Waals surface area contributed by atoms with E-state index in [9.17, 15) is 4.79 Å². The first kappa shape index (κ1) is 14.3. The van der Waals surface area contributed by atoms with Gasteiger partial charge in [-0.3, -0.25) is 4.79 Å². The fourth-order valence-electron chi connectivity index (χ4n) is 2.34. The Balaban J connectivity index is 2.33. The van der Waals surface area contributed by atoms with Crippen molar-refractivity contribution in [1.82, 2.24) is 4.90 Å². The second kappa shape index (κ2) is 5.92. The van der Waals surface area contributed by atoms with Crippen LogP contribution >= 0.6 is 15.9 Å². The lowest BCUT2D eigenvalue weighted by molar-refractivity contribution is -0.00283. The monoisotopic (exact) mass is 326 g/mol. The predicted molar refractivity (Wildman–Crippen MR) is 79.2 cm³/mol. The molecule has 1 saturated heterocycles. The molecule has 0 bridgehead atoms. The van der Waals surface area contributed by atoms with Crippen LogP contribution in [-0.2, 0) is 4.74 Å². The van der Waals surface area contributed by atoms with Crippen LogP contribution in [0.5, 0.6) is 0 Å². The van der Waals surface area contributed by atoms with Crippen LogP contribution in [0.4, 0.5) is 5.69 Å². The Morgan fingerprint density at radius 1 is 1.58 bits per heavy atom. The lowest BCUT2D eigenvalue weighted by Crippen LogP contribution is -2.48. The van der Waals surface area contributed by atoms with Gasteiger partial charge in [-0.1, -0.05) is 22.9 Å². The number of benzene rings is 1. The topological polar surface area (TPSA) is 55.6 Å². The first-order valence-electron chi connectivity index (χ1n) is 6.49. The van der Waals surface area contributed by atoms with Gasteiger partial charge in [0.15, 0.2) is 0 Å². The van der Waals surface area contributed by atoms with E-state index < -0.39 is 0 Å². The van der Waals surface area contributed by atoms with Crippen molar-refractivity contribution >= 4 is 27.5 Å². The lowest BCUT2D eigenvalue weighted by atomic mass is 10.0. The normalized spacial score (nSPS) is 19.5. The van der Waals surface area contributed by atoms with Gasteiger partial charge in [-0.15, -0.1) is 0 Å². The minimum absolute atomic E-state index is 0.0423. The number of carbonyl (C=O) groups excluding carboxylic acids is 1. The number of hydrogen-bond donors (Lipinski definition) is 1. The Morgan fingerprint density at radius 3 is 3.00 bits per heavy atom. The van der Waals surface area contributed by atoms with E-state index in [1.165, 1.54) is 0 Å². The van der Waals surface area contributed by atoms with E-state index in [2.05, 4.69) is 22.9 Å². The molecule has 1 atom stereocenters. The van der Waals surface area contributed by atoms with Gasteiger partial charge in [-0.2, -0.15) is 0 Å². The van der Waals surface area contributed by atoms with E-state index >= 15 is 0 Å². The molecule has 5 heteroatoms. The zero-order chi connectivity index (χ0) is 14.0. The van der Waals surface area contributed by atoms with Gasteiger partial charge in [-0.25, -0.2) is 0 Å². The molecule has 1 fully saturated rings. The van der Waals surface area contributed by atoms with Gasteiger partial charge < -0.3 is 15.4 Å². The number of nitrogen functional groups attached to an aromatic ring is 1. The van der Waals surface area contributed by atoms with Gasteiger partial charge in [0.2, 0.25) is 0 Å². The molecule has 0 spiro atoms. The van der Waals surface area contributed by atoms with Crippen LogP contribution in [0.25, 0.3) is 0 Å². The van der Waals surface area contributed by atoms with Gasteiger partial charge in [0.05, 0.1) is 19.3 Å². The van der Waals surface area contributed by atoms with Crippen LogP contribution < -0.4 is 5.73 Å². The maximum absolute atomic E-state index is 12.7. The molecule has 0 aliphatic carbocycles. The van der Waals surface area contributed by atoms with Crippen LogP contribution in [0.2, 0.25) is 0 Å². The van der Waals surface area contributed by atoms with Crippen molar-refractivity contribution in [2.45, 2.75) is 26.3 Å². The summed E-state index contributed by atoms with van der Waals surface area (Å²) < 4.78 is 6.27. The van der Waals surface area contributed by atoms with Gasteiger partial charge >= 0.3 is 0 Å². The highest BCUT2D eigenvalue weighted by molar-refractivity contribution is 9.10. The van der Waals surface area contributed by atoms with Crippen molar-refractivity contribution < 1.29 is 9.53 Å². The number of hydrogen-bond acceptors (Lipinski definition) is 3. The van der Waals surface area contributed by atoms with Crippen molar-refractivity contribution in [3.63, 3.8) is 0 Å². The summed E-state index contributed by atoms with van der Waals surface area (Å²) in [6.07, 6.45) is 0.897. The summed E-state index contributed by atoms with van der Waals surface area (Å²) in [5.74, 6) is 0.0423. The highest BCUT2D eigenvalue weighted by atomic mass is 79.9. The summed E-state index contributed by atoms with van der Waals surface area (Å²) in [5, 5.41) is 0. The minimum atomic E-state index is 0.0423. The molecule has 104 valence electrons. The third-order valence-electron chi connectivity index (χ3n) is 3.60. The van der Waals surface area contributed by atoms with E-state index in [1.54, 1.807) is 0 Å². The average molecular weight is 327 g/mol. The smallest absolute Gasteiger partial charge is 0.254 e. The van der Waals surface area contributed by atoms with Crippen LogP contribution in [-0.4, -0.2) is 36.6 Å². The SMILES string of the molecule is CCC1COCCN1C(=O)c1cc(Br)cc(N)c1C. The summed E-state index contributed by atoms with van der Waals surface area (Å²) in [6.45, 7) is 5.82. The Labute approximate surface area is 122 Å². The molecule has 19 heavy (non-hydrogen) atoms. The number of halogens is 1. The number of nitrogens with two attached hydrogens (primary N) is 1. The zero-order valence-electron chi connectivity index (χ0n) is 11.3. The second-order valence-electron chi connectivity index (χ2n) is 4.80. The molecule has 0 aromatic heterocycles. The Kier molecular flexibility index (Phi) is 4.47. The van der Waals surface area contributed by atoms with Crippen LogP contribution in [0.15, 0.2) is 16.6 Å². The predicted octanol–water partition coefficient (Wildman–Crippen LogP) is 2.59. The van der Waals surface area contributed by atoms with Crippen molar-refractivity contribution in [3.8, 4) is 0 Å². The molecule has 4 nitrogen and oxygen atoms in total.